The van der Waals surface area contributed by atoms with Gasteiger partial charge in [-0.25, -0.2) is 0 Å². The van der Waals surface area contributed by atoms with Crippen molar-refractivity contribution in [2.45, 2.75) is 20.4 Å². The molecule has 0 unspecified atom stereocenters. The lowest BCUT2D eigenvalue weighted by Crippen LogP contribution is -2.06. The number of halogens is 1. The molecule has 100 valence electrons. The monoisotopic (exact) mass is 275 g/mol. The van der Waals surface area contributed by atoms with Crippen LogP contribution in [0.4, 0.5) is 0 Å². The lowest BCUT2D eigenvalue weighted by atomic mass is 10.1. The molecule has 0 aliphatic rings. The molecule has 2 rings (SSSR count). The highest BCUT2D eigenvalue weighted by molar-refractivity contribution is 6.32. The van der Waals surface area contributed by atoms with Crippen molar-refractivity contribution in [2.75, 3.05) is 7.05 Å². The Morgan fingerprint density at radius 1 is 1.16 bits per heavy atom. The van der Waals surface area contributed by atoms with Gasteiger partial charge in [-0.3, -0.25) is 0 Å². The fraction of sp³-hybridized carbons (Fsp3) is 0.250. The standard InChI is InChI=1S/C16H18ClNO/c1-11-7-8-12(2)15(9-11)19-16-13(10-18-3)5-4-6-14(16)17/h4-9,18H,10H2,1-3H3. The van der Waals surface area contributed by atoms with Gasteiger partial charge in [-0.05, 0) is 44.2 Å². The van der Waals surface area contributed by atoms with E-state index in [-0.39, 0.29) is 0 Å². The Kier molecular flexibility index (Phi) is 4.46. The number of rotatable bonds is 4. The number of nitrogens with one attached hydrogen (secondary N) is 1. The Balaban J connectivity index is 2.39. The fourth-order valence-electron chi connectivity index (χ4n) is 1.92. The highest BCUT2D eigenvalue weighted by atomic mass is 35.5. The third kappa shape index (κ3) is 3.28. The average Bonchev–Trinajstić information content (AvgIpc) is 2.38. The number of hydrogen-bond donors (Lipinski definition) is 1. The minimum atomic E-state index is 0.633. The maximum atomic E-state index is 6.25. The summed E-state index contributed by atoms with van der Waals surface area (Å²) in [6.07, 6.45) is 0. The average molecular weight is 276 g/mol. The Hall–Kier alpha value is -1.51. The van der Waals surface area contributed by atoms with Gasteiger partial charge in [0.25, 0.3) is 0 Å². The van der Waals surface area contributed by atoms with Gasteiger partial charge in [0.2, 0.25) is 0 Å². The smallest absolute Gasteiger partial charge is 0.150 e. The molecule has 3 heteroatoms. The first-order valence-electron chi connectivity index (χ1n) is 6.29. The molecule has 1 N–H and O–H groups in total. The van der Waals surface area contributed by atoms with Gasteiger partial charge in [-0.2, -0.15) is 0 Å². The van der Waals surface area contributed by atoms with E-state index in [1.165, 1.54) is 5.56 Å². The van der Waals surface area contributed by atoms with E-state index in [4.69, 9.17) is 16.3 Å². The van der Waals surface area contributed by atoms with Gasteiger partial charge in [0.15, 0.2) is 5.75 Å². The molecule has 0 radical (unpaired) electrons. The minimum absolute atomic E-state index is 0.633. The summed E-state index contributed by atoms with van der Waals surface area (Å²) in [6.45, 7) is 4.80. The molecule has 0 spiro atoms. The van der Waals surface area contributed by atoms with Crippen LogP contribution in [0.25, 0.3) is 0 Å². The van der Waals surface area contributed by atoms with E-state index in [1.807, 2.05) is 45.2 Å². The topological polar surface area (TPSA) is 21.3 Å². The zero-order chi connectivity index (χ0) is 13.8. The van der Waals surface area contributed by atoms with Crippen LogP contribution in [0.2, 0.25) is 5.02 Å². The molecular formula is C16H18ClNO. The van der Waals surface area contributed by atoms with Crippen LogP contribution in [0, 0.1) is 13.8 Å². The zero-order valence-corrected chi connectivity index (χ0v) is 12.2. The van der Waals surface area contributed by atoms with Crippen LogP contribution in [0.15, 0.2) is 36.4 Å². The normalized spacial score (nSPS) is 10.5. The van der Waals surface area contributed by atoms with Crippen LogP contribution in [0.3, 0.4) is 0 Å². The Labute approximate surface area is 119 Å². The Bertz CT molecular complexity index is 581. The maximum Gasteiger partial charge on any atom is 0.150 e. The third-order valence-electron chi connectivity index (χ3n) is 2.97. The van der Waals surface area contributed by atoms with Crippen molar-refractivity contribution in [1.29, 1.82) is 0 Å². The quantitative estimate of drug-likeness (QED) is 0.889. The molecule has 0 aliphatic carbocycles. The van der Waals surface area contributed by atoms with Gasteiger partial charge >= 0.3 is 0 Å². The Morgan fingerprint density at radius 2 is 1.95 bits per heavy atom. The molecule has 0 saturated heterocycles. The fourth-order valence-corrected chi connectivity index (χ4v) is 2.16. The summed E-state index contributed by atoms with van der Waals surface area (Å²) in [7, 11) is 1.91. The van der Waals surface area contributed by atoms with Crippen molar-refractivity contribution in [1.82, 2.24) is 5.32 Å². The second kappa shape index (κ2) is 6.09. The predicted octanol–water partition coefficient (Wildman–Crippen LogP) is 4.47. The van der Waals surface area contributed by atoms with Crippen LogP contribution in [-0.4, -0.2) is 7.05 Å². The predicted molar refractivity (Wildman–Crippen MR) is 80.2 cm³/mol. The minimum Gasteiger partial charge on any atom is -0.455 e. The molecule has 0 heterocycles. The van der Waals surface area contributed by atoms with E-state index >= 15 is 0 Å². The van der Waals surface area contributed by atoms with Gasteiger partial charge in [-0.15, -0.1) is 0 Å². The van der Waals surface area contributed by atoms with E-state index in [9.17, 15) is 0 Å². The first-order valence-corrected chi connectivity index (χ1v) is 6.66. The number of ether oxygens (including phenoxy) is 1. The van der Waals surface area contributed by atoms with Gasteiger partial charge in [0.1, 0.15) is 5.75 Å². The Morgan fingerprint density at radius 3 is 2.68 bits per heavy atom. The summed E-state index contributed by atoms with van der Waals surface area (Å²) in [5.41, 5.74) is 3.32. The number of aryl methyl sites for hydroxylation is 2. The lowest BCUT2D eigenvalue weighted by Gasteiger charge is -2.14. The molecule has 19 heavy (non-hydrogen) atoms. The number of para-hydroxylation sites is 1. The second-order valence-corrected chi connectivity index (χ2v) is 5.04. The van der Waals surface area contributed by atoms with E-state index in [1.54, 1.807) is 0 Å². The highest BCUT2D eigenvalue weighted by Gasteiger charge is 2.10. The maximum absolute atomic E-state index is 6.25. The van der Waals surface area contributed by atoms with Gasteiger partial charge in [0, 0.05) is 12.1 Å². The first kappa shape index (κ1) is 13.9. The van der Waals surface area contributed by atoms with Crippen molar-refractivity contribution in [3.05, 3.63) is 58.1 Å². The summed E-state index contributed by atoms with van der Waals surface area (Å²) in [5, 5.41) is 3.76. The van der Waals surface area contributed by atoms with Crippen LogP contribution < -0.4 is 10.1 Å². The zero-order valence-electron chi connectivity index (χ0n) is 11.5. The SMILES string of the molecule is CNCc1cccc(Cl)c1Oc1cc(C)ccc1C. The van der Waals surface area contributed by atoms with Gasteiger partial charge in [-0.1, -0.05) is 35.9 Å². The van der Waals surface area contributed by atoms with Gasteiger partial charge < -0.3 is 10.1 Å². The molecule has 2 aromatic rings. The van der Waals surface area contributed by atoms with E-state index in [0.717, 1.165) is 29.2 Å². The van der Waals surface area contributed by atoms with Gasteiger partial charge in [0.05, 0.1) is 5.02 Å². The lowest BCUT2D eigenvalue weighted by molar-refractivity contribution is 0.470. The molecule has 0 bridgehead atoms. The van der Waals surface area contributed by atoms with Crippen LogP contribution in [-0.2, 0) is 6.54 Å². The first-order chi connectivity index (χ1) is 9.11. The number of benzene rings is 2. The molecule has 0 atom stereocenters. The van der Waals surface area contributed by atoms with Crippen molar-refractivity contribution in [3.8, 4) is 11.5 Å². The van der Waals surface area contributed by atoms with Crippen molar-refractivity contribution < 1.29 is 4.74 Å². The summed E-state index contributed by atoms with van der Waals surface area (Å²) >= 11 is 6.25. The molecule has 2 nitrogen and oxygen atoms in total. The van der Waals surface area contributed by atoms with Crippen LogP contribution in [0.5, 0.6) is 11.5 Å². The van der Waals surface area contributed by atoms with E-state index in [0.29, 0.717) is 5.02 Å². The largest absolute Gasteiger partial charge is 0.455 e. The molecule has 0 aromatic heterocycles. The molecule has 2 aromatic carbocycles. The molecule has 0 saturated carbocycles. The second-order valence-electron chi connectivity index (χ2n) is 4.63. The molecule has 0 aliphatic heterocycles. The molecular weight excluding hydrogens is 258 g/mol. The van der Waals surface area contributed by atoms with Crippen molar-refractivity contribution in [2.24, 2.45) is 0 Å². The third-order valence-corrected chi connectivity index (χ3v) is 3.27. The molecule has 0 fully saturated rings. The summed E-state index contributed by atoms with van der Waals surface area (Å²) in [5.74, 6) is 1.58. The van der Waals surface area contributed by atoms with Crippen LogP contribution in [0.1, 0.15) is 16.7 Å². The summed E-state index contributed by atoms with van der Waals surface area (Å²) in [4.78, 5) is 0. The van der Waals surface area contributed by atoms with Crippen LogP contribution >= 0.6 is 11.6 Å². The number of hydrogen-bond acceptors (Lipinski definition) is 2. The molecule has 0 amide bonds. The van der Waals surface area contributed by atoms with E-state index in [2.05, 4.69) is 17.4 Å². The van der Waals surface area contributed by atoms with E-state index < -0.39 is 0 Å². The highest BCUT2D eigenvalue weighted by Crippen LogP contribution is 2.34. The summed E-state index contributed by atoms with van der Waals surface area (Å²) in [6, 6.07) is 12.0. The summed E-state index contributed by atoms with van der Waals surface area (Å²) < 4.78 is 6.03. The van der Waals surface area contributed by atoms with Crippen molar-refractivity contribution in [3.63, 3.8) is 0 Å². The van der Waals surface area contributed by atoms with Crippen molar-refractivity contribution >= 4 is 11.6 Å².